The summed E-state index contributed by atoms with van der Waals surface area (Å²) in [6.45, 7) is 2.26. The van der Waals surface area contributed by atoms with Crippen molar-refractivity contribution < 1.29 is 4.74 Å². The first kappa shape index (κ1) is 15.6. The summed E-state index contributed by atoms with van der Waals surface area (Å²) >= 11 is 0. The van der Waals surface area contributed by atoms with E-state index in [1.807, 2.05) is 24.3 Å². The second-order valence-electron chi connectivity index (χ2n) is 4.85. The van der Waals surface area contributed by atoms with Gasteiger partial charge in [-0.15, -0.1) is 5.73 Å². The average molecular weight is 258 g/mol. The maximum atomic E-state index is 5.19. The molecule has 0 fully saturated rings. The molecular weight excluding hydrogens is 232 g/mol. The van der Waals surface area contributed by atoms with E-state index in [9.17, 15) is 0 Å². The van der Waals surface area contributed by atoms with Crippen LogP contribution in [0.1, 0.15) is 57.4 Å². The van der Waals surface area contributed by atoms with Crippen LogP contribution in [0.15, 0.2) is 36.1 Å². The Labute approximate surface area is 118 Å². The Hall–Kier alpha value is -1.46. The van der Waals surface area contributed by atoms with Crippen molar-refractivity contribution in [2.45, 2.75) is 51.9 Å². The van der Waals surface area contributed by atoms with Gasteiger partial charge in [0.1, 0.15) is 5.75 Å². The van der Waals surface area contributed by atoms with Crippen molar-refractivity contribution in [1.29, 1.82) is 0 Å². The van der Waals surface area contributed by atoms with E-state index in [1.54, 1.807) is 7.11 Å². The summed E-state index contributed by atoms with van der Waals surface area (Å²) in [6.07, 6.45) is 13.4. The molecule has 1 aromatic rings. The molecule has 0 aromatic heterocycles. The molecule has 0 aliphatic carbocycles. The third kappa shape index (κ3) is 7.54. The zero-order valence-electron chi connectivity index (χ0n) is 12.3. The highest BCUT2D eigenvalue weighted by molar-refractivity contribution is 5.51. The van der Waals surface area contributed by atoms with Gasteiger partial charge in [-0.25, -0.2) is 0 Å². The van der Waals surface area contributed by atoms with Crippen molar-refractivity contribution in [3.05, 3.63) is 41.6 Å². The van der Waals surface area contributed by atoms with E-state index in [1.165, 1.54) is 38.5 Å². The number of hydrogen-bond donors (Lipinski definition) is 0. The Balaban J connectivity index is 2.22. The van der Waals surface area contributed by atoms with Gasteiger partial charge in [-0.05, 0) is 42.7 Å². The lowest BCUT2D eigenvalue weighted by molar-refractivity contribution is 0.414. The summed E-state index contributed by atoms with van der Waals surface area (Å²) in [5.74, 6) is 0.895. The predicted molar refractivity (Wildman–Crippen MR) is 83.5 cm³/mol. The number of allylic oxidation sites excluding steroid dienone is 1. The number of benzene rings is 1. The van der Waals surface area contributed by atoms with Gasteiger partial charge < -0.3 is 4.74 Å². The van der Waals surface area contributed by atoms with Gasteiger partial charge in [0.25, 0.3) is 0 Å². The van der Waals surface area contributed by atoms with E-state index in [4.69, 9.17) is 4.74 Å². The standard InChI is InChI=1S/C18H26O/c1-3-4-5-6-7-8-9-10-11-13-17-14-12-15-18(16-17)19-2/h10,12-16H,3-9H2,1-2H3. The fraction of sp³-hybridized carbons (Fsp3) is 0.500. The Morgan fingerprint density at radius 2 is 1.89 bits per heavy atom. The van der Waals surface area contributed by atoms with Crippen molar-refractivity contribution in [2.75, 3.05) is 7.11 Å². The molecule has 0 aliphatic rings. The molecule has 104 valence electrons. The molecular formula is C18H26O. The summed E-state index contributed by atoms with van der Waals surface area (Å²) < 4.78 is 5.19. The Morgan fingerprint density at radius 3 is 2.68 bits per heavy atom. The van der Waals surface area contributed by atoms with E-state index in [-0.39, 0.29) is 0 Å². The Bertz CT molecular complexity index is 400. The third-order valence-electron chi connectivity index (χ3n) is 3.16. The third-order valence-corrected chi connectivity index (χ3v) is 3.16. The summed E-state index contributed by atoms with van der Waals surface area (Å²) in [5.41, 5.74) is 4.39. The average Bonchev–Trinajstić information content (AvgIpc) is 2.46. The van der Waals surface area contributed by atoms with Crippen molar-refractivity contribution in [3.63, 3.8) is 0 Å². The predicted octanol–water partition coefficient (Wildman–Crippen LogP) is 5.61. The lowest BCUT2D eigenvalue weighted by Gasteiger charge is -1.98. The maximum absolute atomic E-state index is 5.19. The first-order valence-electron chi connectivity index (χ1n) is 7.42. The fourth-order valence-electron chi connectivity index (χ4n) is 2.00. The number of ether oxygens (including phenoxy) is 1. The van der Waals surface area contributed by atoms with Crippen molar-refractivity contribution in [1.82, 2.24) is 0 Å². The summed E-state index contributed by atoms with van der Waals surface area (Å²) in [5, 5.41) is 0. The van der Waals surface area contributed by atoms with E-state index in [2.05, 4.69) is 24.8 Å². The lowest BCUT2D eigenvalue weighted by atomic mass is 10.1. The molecule has 0 atom stereocenters. The van der Waals surface area contributed by atoms with Gasteiger partial charge >= 0.3 is 0 Å². The summed E-state index contributed by atoms with van der Waals surface area (Å²) in [7, 11) is 1.69. The van der Waals surface area contributed by atoms with Gasteiger partial charge in [0.05, 0.1) is 7.11 Å². The molecule has 19 heavy (non-hydrogen) atoms. The highest BCUT2D eigenvalue weighted by Gasteiger charge is 1.90. The van der Waals surface area contributed by atoms with Crippen LogP contribution < -0.4 is 4.74 Å². The molecule has 0 unspecified atom stereocenters. The van der Waals surface area contributed by atoms with Crippen LogP contribution in [0.25, 0.3) is 6.08 Å². The van der Waals surface area contributed by atoms with Crippen LogP contribution in [-0.4, -0.2) is 7.11 Å². The van der Waals surface area contributed by atoms with Crippen LogP contribution >= 0.6 is 0 Å². The number of unbranched alkanes of at least 4 members (excludes halogenated alkanes) is 6. The van der Waals surface area contributed by atoms with Gasteiger partial charge in [0, 0.05) is 0 Å². The molecule has 0 N–H and O–H groups in total. The molecule has 0 spiro atoms. The molecule has 1 rings (SSSR count). The molecule has 1 heteroatoms. The second-order valence-corrected chi connectivity index (χ2v) is 4.85. The van der Waals surface area contributed by atoms with Crippen molar-refractivity contribution in [3.8, 4) is 5.75 Å². The zero-order valence-corrected chi connectivity index (χ0v) is 12.3. The molecule has 0 amide bonds. The molecule has 0 radical (unpaired) electrons. The number of methoxy groups -OCH3 is 1. The maximum Gasteiger partial charge on any atom is 0.119 e. The van der Waals surface area contributed by atoms with E-state index < -0.39 is 0 Å². The number of hydrogen-bond acceptors (Lipinski definition) is 1. The minimum atomic E-state index is 0.895. The largest absolute Gasteiger partial charge is 0.497 e. The fourth-order valence-corrected chi connectivity index (χ4v) is 2.00. The second kappa shape index (κ2) is 10.5. The molecule has 0 aliphatic heterocycles. The van der Waals surface area contributed by atoms with Crippen molar-refractivity contribution >= 4 is 6.08 Å². The Kier molecular flexibility index (Phi) is 8.59. The minimum absolute atomic E-state index is 0.895. The van der Waals surface area contributed by atoms with Crippen LogP contribution in [0.2, 0.25) is 0 Å². The highest BCUT2D eigenvalue weighted by atomic mass is 16.5. The van der Waals surface area contributed by atoms with Crippen molar-refractivity contribution in [2.24, 2.45) is 0 Å². The quantitative estimate of drug-likeness (QED) is 0.413. The van der Waals surface area contributed by atoms with Gasteiger partial charge in [-0.3, -0.25) is 0 Å². The summed E-state index contributed by atoms with van der Waals surface area (Å²) in [4.78, 5) is 0. The first-order chi connectivity index (χ1) is 9.36. The van der Waals surface area contributed by atoms with E-state index >= 15 is 0 Å². The topological polar surface area (TPSA) is 9.23 Å². The smallest absolute Gasteiger partial charge is 0.119 e. The van der Waals surface area contributed by atoms with Crippen LogP contribution in [0.3, 0.4) is 0 Å². The molecule has 0 saturated carbocycles. The van der Waals surface area contributed by atoms with Gasteiger partial charge in [-0.2, -0.15) is 0 Å². The minimum Gasteiger partial charge on any atom is -0.497 e. The molecule has 1 nitrogen and oxygen atoms in total. The highest BCUT2D eigenvalue weighted by Crippen LogP contribution is 2.13. The van der Waals surface area contributed by atoms with Crippen LogP contribution in [-0.2, 0) is 0 Å². The molecule has 1 aromatic carbocycles. The number of rotatable bonds is 9. The van der Waals surface area contributed by atoms with Gasteiger partial charge in [0.15, 0.2) is 0 Å². The first-order valence-corrected chi connectivity index (χ1v) is 7.42. The summed E-state index contributed by atoms with van der Waals surface area (Å²) in [6, 6.07) is 8.04. The SMILES string of the molecule is CCCCCCCCC=C=Cc1cccc(OC)c1. The zero-order chi connectivity index (χ0) is 13.8. The van der Waals surface area contributed by atoms with Gasteiger partial charge in [0.2, 0.25) is 0 Å². The monoisotopic (exact) mass is 258 g/mol. The normalized spacial score (nSPS) is 9.79. The molecule has 0 bridgehead atoms. The van der Waals surface area contributed by atoms with Crippen LogP contribution in [0.4, 0.5) is 0 Å². The van der Waals surface area contributed by atoms with E-state index in [0.717, 1.165) is 17.7 Å². The van der Waals surface area contributed by atoms with Crippen LogP contribution in [0, 0.1) is 0 Å². The van der Waals surface area contributed by atoms with E-state index in [0.29, 0.717) is 0 Å². The van der Waals surface area contributed by atoms with Gasteiger partial charge in [-0.1, -0.05) is 51.2 Å². The molecule has 0 saturated heterocycles. The lowest BCUT2D eigenvalue weighted by Crippen LogP contribution is -1.81. The Morgan fingerprint density at radius 1 is 1.11 bits per heavy atom. The molecule has 0 heterocycles. The van der Waals surface area contributed by atoms with Crippen LogP contribution in [0.5, 0.6) is 5.75 Å².